The molecule has 2 rings (SSSR count). The zero-order valence-corrected chi connectivity index (χ0v) is 29.3. The van der Waals surface area contributed by atoms with E-state index in [1.807, 2.05) is 81.4 Å². The molecule has 2 aromatic carbocycles. The molecule has 0 radical (unpaired) electrons. The number of benzene rings is 2. The number of carbonyl (C=O) groups is 3. The number of nitrogens with one attached hydrogen (secondary N) is 2. The highest BCUT2D eigenvalue weighted by Crippen LogP contribution is 2.39. The molecule has 0 aliphatic rings. The molecular formula is C35H54N2O6Si. The van der Waals surface area contributed by atoms with Crippen LogP contribution in [0.1, 0.15) is 72.9 Å². The van der Waals surface area contributed by atoms with Gasteiger partial charge in [0.15, 0.2) is 8.32 Å². The summed E-state index contributed by atoms with van der Waals surface area (Å²) in [5.74, 6) is -2.34. The SMILES string of the molecule is CC(C)[C@@H](NC(=O)C(Cc1ccccc1)C[C@H](O[Si](C)(C)C(C)(C)C)[C@H](Cc1ccccc1)NC(=O)OC(C)(C)C)C(=O)O. The molecule has 244 valence electrons. The van der Waals surface area contributed by atoms with E-state index in [0.717, 1.165) is 11.1 Å². The first-order valence-electron chi connectivity index (χ1n) is 15.6. The van der Waals surface area contributed by atoms with Gasteiger partial charge in [-0.25, -0.2) is 9.59 Å². The number of alkyl carbamates (subject to hydrolysis) is 1. The number of aliphatic carboxylic acids is 1. The van der Waals surface area contributed by atoms with Crippen molar-refractivity contribution in [3.63, 3.8) is 0 Å². The maximum Gasteiger partial charge on any atom is 0.407 e. The van der Waals surface area contributed by atoms with E-state index in [0.29, 0.717) is 12.8 Å². The third kappa shape index (κ3) is 12.1. The Morgan fingerprint density at radius 3 is 1.75 bits per heavy atom. The van der Waals surface area contributed by atoms with Crippen LogP contribution in [0.5, 0.6) is 0 Å². The number of carboxylic acid groups (broad SMARTS) is 1. The molecule has 0 heterocycles. The van der Waals surface area contributed by atoms with Gasteiger partial charge in [0.1, 0.15) is 11.6 Å². The van der Waals surface area contributed by atoms with Crippen molar-refractivity contribution in [3.05, 3.63) is 71.8 Å². The highest BCUT2D eigenvalue weighted by Gasteiger charge is 2.43. The van der Waals surface area contributed by atoms with Crippen LogP contribution in [0.25, 0.3) is 0 Å². The Morgan fingerprint density at radius 1 is 0.818 bits per heavy atom. The molecule has 0 aliphatic carbocycles. The van der Waals surface area contributed by atoms with Gasteiger partial charge in [-0.3, -0.25) is 4.79 Å². The van der Waals surface area contributed by atoms with Crippen LogP contribution in [0, 0.1) is 11.8 Å². The third-order valence-corrected chi connectivity index (χ3v) is 12.6. The molecule has 9 heteroatoms. The van der Waals surface area contributed by atoms with Crippen molar-refractivity contribution in [2.75, 3.05) is 0 Å². The van der Waals surface area contributed by atoms with Crippen LogP contribution in [0.4, 0.5) is 4.79 Å². The summed E-state index contributed by atoms with van der Waals surface area (Å²) in [6.07, 6.45) is -0.00492. The van der Waals surface area contributed by atoms with Crippen molar-refractivity contribution in [1.29, 1.82) is 0 Å². The van der Waals surface area contributed by atoms with E-state index >= 15 is 0 Å². The maximum absolute atomic E-state index is 13.9. The third-order valence-electron chi connectivity index (χ3n) is 8.14. The van der Waals surface area contributed by atoms with Gasteiger partial charge in [-0.15, -0.1) is 0 Å². The first kappa shape index (κ1) is 37.0. The van der Waals surface area contributed by atoms with Gasteiger partial charge < -0.3 is 24.9 Å². The van der Waals surface area contributed by atoms with E-state index < -0.39 is 50.1 Å². The molecule has 2 amide bonds. The maximum atomic E-state index is 13.9. The number of hydrogen-bond donors (Lipinski definition) is 3. The highest BCUT2D eigenvalue weighted by atomic mass is 28.4. The molecule has 8 nitrogen and oxygen atoms in total. The minimum Gasteiger partial charge on any atom is -0.480 e. The second-order valence-electron chi connectivity index (χ2n) is 14.5. The van der Waals surface area contributed by atoms with Gasteiger partial charge >= 0.3 is 12.1 Å². The number of hydrogen-bond acceptors (Lipinski definition) is 5. The van der Waals surface area contributed by atoms with Gasteiger partial charge in [0.2, 0.25) is 5.91 Å². The van der Waals surface area contributed by atoms with Crippen molar-refractivity contribution >= 4 is 26.3 Å². The Morgan fingerprint density at radius 2 is 1.32 bits per heavy atom. The van der Waals surface area contributed by atoms with E-state index in [4.69, 9.17) is 9.16 Å². The molecule has 0 fully saturated rings. The van der Waals surface area contributed by atoms with Gasteiger partial charge in [0, 0.05) is 5.92 Å². The van der Waals surface area contributed by atoms with Crippen molar-refractivity contribution in [2.45, 2.75) is 117 Å². The lowest BCUT2D eigenvalue weighted by Crippen LogP contribution is -2.55. The van der Waals surface area contributed by atoms with Crippen LogP contribution < -0.4 is 10.6 Å². The van der Waals surface area contributed by atoms with Crippen LogP contribution in [0.3, 0.4) is 0 Å². The lowest BCUT2D eigenvalue weighted by atomic mass is 9.88. The summed E-state index contributed by atoms with van der Waals surface area (Å²) in [5, 5.41) is 15.6. The van der Waals surface area contributed by atoms with Crippen LogP contribution in [0.15, 0.2) is 60.7 Å². The fourth-order valence-corrected chi connectivity index (χ4v) is 6.07. The van der Waals surface area contributed by atoms with Gasteiger partial charge in [0.25, 0.3) is 0 Å². The van der Waals surface area contributed by atoms with Crippen LogP contribution in [0.2, 0.25) is 18.1 Å². The lowest BCUT2D eigenvalue weighted by molar-refractivity contribution is -0.144. The molecule has 0 saturated heterocycles. The summed E-state index contributed by atoms with van der Waals surface area (Å²) in [7, 11) is -2.43. The summed E-state index contributed by atoms with van der Waals surface area (Å²) in [6.45, 7) is 19.7. The fraction of sp³-hybridized carbons (Fsp3) is 0.571. The monoisotopic (exact) mass is 626 g/mol. The van der Waals surface area contributed by atoms with Crippen LogP contribution in [-0.4, -0.2) is 55.2 Å². The van der Waals surface area contributed by atoms with E-state index in [1.165, 1.54) is 0 Å². The van der Waals surface area contributed by atoms with Crippen molar-refractivity contribution in [1.82, 2.24) is 10.6 Å². The molecule has 3 N–H and O–H groups in total. The Hall–Kier alpha value is -3.17. The molecule has 0 saturated carbocycles. The quantitative estimate of drug-likeness (QED) is 0.195. The van der Waals surface area contributed by atoms with Gasteiger partial charge in [-0.1, -0.05) is 95.3 Å². The molecule has 0 spiro atoms. The van der Waals surface area contributed by atoms with E-state index in [-0.39, 0.29) is 23.3 Å². The van der Waals surface area contributed by atoms with Gasteiger partial charge in [-0.05, 0) is 75.2 Å². The van der Waals surface area contributed by atoms with Gasteiger partial charge in [-0.2, -0.15) is 0 Å². The summed E-state index contributed by atoms with van der Waals surface area (Å²) in [6, 6.07) is 18.0. The number of amides is 2. The van der Waals surface area contributed by atoms with Gasteiger partial charge in [0.05, 0.1) is 12.1 Å². The molecule has 1 unspecified atom stereocenters. The minimum atomic E-state index is -2.43. The average Bonchev–Trinajstić information content (AvgIpc) is 2.89. The lowest BCUT2D eigenvalue weighted by Gasteiger charge is -2.42. The Kier molecular flexibility index (Phi) is 13.2. The molecular weight excluding hydrogens is 572 g/mol. The topological polar surface area (TPSA) is 114 Å². The largest absolute Gasteiger partial charge is 0.480 e. The number of ether oxygens (including phenoxy) is 1. The first-order chi connectivity index (χ1) is 20.3. The zero-order valence-electron chi connectivity index (χ0n) is 28.3. The number of carbonyl (C=O) groups excluding carboxylic acids is 2. The summed E-state index contributed by atoms with van der Waals surface area (Å²) >= 11 is 0. The standard InChI is InChI=1S/C35H54N2O6Si/c1-24(2)30(32(39)40)37-31(38)27(21-25-17-13-11-14-18-25)23-29(43-44(9,10)35(6,7)8)28(22-26-19-15-12-16-20-26)36-33(41)42-34(3,4)5/h11-20,24,27-30H,21-23H2,1-10H3,(H,36,41)(H,37,38)(H,39,40)/t27?,28-,29-,30+/m0/s1. The Balaban J connectivity index is 2.61. The van der Waals surface area contributed by atoms with E-state index in [2.05, 4.69) is 44.5 Å². The van der Waals surface area contributed by atoms with Crippen LogP contribution >= 0.6 is 0 Å². The zero-order chi connectivity index (χ0) is 33.3. The minimum absolute atomic E-state index is 0.141. The average molecular weight is 627 g/mol. The molecule has 0 aromatic heterocycles. The Labute approximate surface area is 265 Å². The van der Waals surface area contributed by atoms with E-state index in [1.54, 1.807) is 13.8 Å². The van der Waals surface area contributed by atoms with Crippen molar-refractivity contribution < 1.29 is 28.7 Å². The summed E-state index contributed by atoms with van der Waals surface area (Å²) in [5.41, 5.74) is 1.26. The molecule has 0 bridgehead atoms. The first-order valence-corrected chi connectivity index (χ1v) is 18.5. The highest BCUT2D eigenvalue weighted by molar-refractivity contribution is 6.74. The summed E-state index contributed by atoms with van der Waals surface area (Å²) in [4.78, 5) is 39.2. The molecule has 2 aromatic rings. The second kappa shape index (κ2) is 15.7. The van der Waals surface area contributed by atoms with E-state index in [9.17, 15) is 19.5 Å². The number of carboxylic acids is 1. The van der Waals surface area contributed by atoms with Crippen LogP contribution in [-0.2, 0) is 31.6 Å². The fourth-order valence-electron chi connectivity index (χ4n) is 4.70. The predicted molar refractivity (Wildman–Crippen MR) is 178 cm³/mol. The normalized spacial score (nSPS) is 15.2. The van der Waals surface area contributed by atoms with Crippen molar-refractivity contribution in [3.8, 4) is 0 Å². The smallest absolute Gasteiger partial charge is 0.407 e. The summed E-state index contributed by atoms with van der Waals surface area (Å²) < 4.78 is 12.7. The molecule has 0 aliphatic heterocycles. The molecule has 44 heavy (non-hydrogen) atoms. The Bertz CT molecular complexity index is 1210. The molecule has 4 atom stereocenters. The second-order valence-corrected chi connectivity index (χ2v) is 19.3. The van der Waals surface area contributed by atoms with Crippen molar-refractivity contribution in [2.24, 2.45) is 11.8 Å². The predicted octanol–water partition coefficient (Wildman–Crippen LogP) is 6.99. The number of rotatable bonds is 14.